The highest BCUT2D eigenvalue weighted by atomic mass is 19.1. The van der Waals surface area contributed by atoms with Crippen LogP contribution in [0.25, 0.3) is 0 Å². The lowest BCUT2D eigenvalue weighted by Gasteiger charge is -2.25. The molecule has 1 saturated heterocycles. The van der Waals surface area contributed by atoms with Crippen LogP contribution in [0.5, 0.6) is 0 Å². The average molecular weight is 428 g/mol. The molecule has 0 radical (unpaired) electrons. The van der Waals surface area contributed by atoms with Crippen LogP contribution in [-0.4, -0.2) is 40.5 Å². The summed E-state index contributed by atoms with van der Waals surface area (Å²) in [6, 6.07) is 7.85. The molecule has 3 heterocycles. The summed E-state index contributed by atoms with van der Waals surface area (Å²) in [5.74, 6) is -0.469. The molecule has 1 fully saturated rings. The fraction of sp³-hybridized carbons (Fsp3) is 0.500. The topological polar surface area (TPSA) is 63.6 Å². The number of carbonyl (C=O) groups is 2. The number of nitrogens with one attached hydrogen (secondary N) is 1. The van der Waals surface area contributed by atoms with Crippen LogP contribution in [0.4, 0.5) is 4.39 Å². The van der Waals surface area contributed by atoms with E-state index in [2.05, 4.69) is 12.2 Å². The van der Waals surface area contributed by atoms with Crippen molar-refractivity contribution in [2.24, 2.45) is 5.92 Å². The summed E-state index contributed by atoms with van der Waals surface area (Å²) in [6.07, 6.45) is 2.01. The summed E-state index contributed by atoms with van der Waals surface area (Å²) in [5, 5.41) is 3.09. The Kier molecular flexibility index (Phi) is 6.14. The van der Waals surface area contributed by atoms with Gasteiger partial charge in [-0.25, -0.2) is 4.39 Å². The van der Waals surface area contributed by atoms with Gasteiger partial charge < -0.3 is 19.5 Å². The number of rotatable bonds is 5. The van der Waals surface area contributed by atoms with Gasteiger partial charge in [-0.05, 0) is 49.4 Å². The molecule has 2 atom stereocenters. The van der Waals surface area contributed by atoms with E-state index < -0.39 is 0 Å². The zero-order valence-electron chi connectivity index (χ0n) is 18.4. The van der Waals surface area contributed by atoms with E-state index in [-0.39, 0.29) is 35.6 Å². The predicted molar refractivity (Wildman–Crippen MR) is 115 cm³/mol. The maximum Gasteiger partial charge on any atom is 0.270 e. The van der Waals surface area contributed by atoms with Crippen molar-refractivity contribution >= 4 is 11.8 Å². The van der Waals surface area contributed by atoms with Crippen LogP contribution in [0.1, 0.15) is 71.8 Å². The highest BCUT2D eigenvalue weighted by Crippen LogP contribution is 2.27. The van der Waals surface area contributed by atoms with E-state index in [0.29, 0.717) is 31.0 Å². The Morgan fingerprint density at radius 1 is 1.19 bits per heavy atom. The van der Waals surface area contributed by atoms with Gasteiger partial charge in [-0.1, -0.05) is 26.0 Å². The van der Waals surface area contributed by atoms with Crippen LogP contribution in [0, 0.1) is 11.7 Å². The highest BCUT2D eigenvalue weighted by molar-refractivity contribution is 6.01. The highest BCUT2D eigenvalue weighted by Gasteiger charge is 2.32. The molecule has 166 valence electrons. The fourth-order valence-electron chi connectivity index (χ4n) is 4.60. The number of hydrogen-bond donors (Lipinski definition) is 1. The van der Waals surface area contributed by atoms with Crippen LogP contribution in [0.2, 0.25) is 0 Å². The number of nitrogens with zero attached hydrogens (tertiary/aromatic N) is 2. The molecule has 2 aromatic rings. The van der Waals surface area contributed by atoms with Gasteiger partial charge in [0.15, 0.2) is 0 Å². The summed E-state index contributed by atoms with van der Waals surface area (Å²) < 4.78 is 20.9. The smallest absolute Gasteiger partial charge is 0.270 e. The van der Waals surface area contributed by atoms with Crippen molar-refractivity contribution < 1.29 is 18.7 Å². The summed E-state index contributed by atoms with van der Waals surface area (Å²) in [6.45, 7) is 8.21. The molecule has 1 aromatic carbocycles. The quantitative estimate of drug-likeness (QED) is 0.787. The molecule has 0 spiro atoms. The van der Waals surface area contributed by atoms with Gasteiger partial charge in [0.2, 0.25) is 0 Å². The van der Waals surface area contributed by atoms with Crippen molar-refractivity contribution in [2.45, 2.75) is 58.8 Å². The van der Waals surface area contributed by atoms with E-state index in [0.717, 1.165) is 30.6 Å². The standard InChI is InChI=1S/C24H30FN3O3/c1-15(2)22(17-6-8-18(25)9-7-17)26-23(29)19-13-20(28-11-12-31-14-21(19)28)24(30)27-10-4-5-16(27)3/h6-9,13,15-16,22H,4-5,10-12,14H2,1-3H3,(H,26,29). The molecule has 2 amide bonds. The number of halogens is 1. The third-order valence-corrected chi connectivity index (χ3v) is 6.37. The molecule has 0 aliphatic carbocycles. The summed E-state index contributed by atoms with van der Waals surface area (Å²) in [7, 11) is 0. The Morgan fingerprint density at radius 3 is 2.58 bits per heavy atom. The molecule has 6 nitrogen and oxygen atoms in total. The molecular formula is C24H30FN3O3. The first kappa shape index (κ1) is 21.6. The third kappa shape index (κ3) is 4.24. The monoisotopic (exact) mass is 427 g/mol. The first-order valence-electron chi connectivity index (χ1n) is 11.0. The molecule has 31 heavy (non-hydrogen) atoms. The Morgan fingerprint density at radius 2 is 1.94 bits per heavy atom. The number of hydrogen-bond acceptors (Lipinski definition) is 3. The van der Waals surface area contributed by atoms with Gasteiger partial charge in [0.25, 0.3) is 11.8 Å². The summed E-state index contributed by atoms with van der Waals surface area (Å²) >= 11 is 0. The Balaban J connectivity index is 1.63. The van der Waals surface area contributed by atoms with Gasteiger partial charge in [-0.15, -0.1) is 0 Å². The Hall–Kier alpha value is -2.67. The molecule has 2 aliphatic rings. The molecule has 0 saturated carbocycles. The lowest BCUT2D eigenvalue weighted by Crippen LogP contribution is -2.35. The molecule has 7 heteroatoms. The number of aromatic nitrogens is 1. The minimum absolute atomic E-state index is 0.0221. The summed E-state index contributed by atoms with van der Waals surface area (Å²) in [5.41, 5.74) is 2.61. The largest absolute Gasteiger partial charge is 0.373 e. The normalized spacial score (nSPS) is 19.4. The minimum Gasteiger partial charge on any atom is -0.373 e. The maximum atomic E-state index is 13.4. The molecule has 1 N–H and O–H groups in total. The van der Waals surface area contributed by atoms with E-state index in [4.69, 9.17) is 4.74 Å². The Labute approximate surface area is 182 Å². The van der Waals surface area contributed by atoms with Gasteiger partial charge in [0.1, 0.15) is 11.5 Å². The summed E-state index contributed by atoms with van der Waals surface area (Å²) in [4.78, 5) is 28.5. The van der Waals surface area contributed by atoms with Gasteiger partial charge in [0, 0.05) is 19.1 Å². The van der Waals surface area contributed by atoms with Crippen molar-refractivity contribution in [3.8, 4) is 0 Å². The lowest BCUT2D eigenvalue weighted by molar-refractivity contribution is 0.0683. The molecule has 2 unspecified atom stereocenters. The second kappa shape index (κ2) is 8.83. The SMILES string of the molecule is CC(C)C(NC(=O)c1cc(C(=O)N2CCCC2C)n2c1COCC2)c1ccc(F)cc1. The van der Waals surface area contributed by atoms with E-state index >= 15 is 0 Å². The number of benzene rings is 1. The van der Waals surface area contributed by atoms with Gasteiger partial charge in [-0.3, -0.25) is 9.59 Å². The Bertz CT molecular complexity index is 967. The van der Waals surface area contributed by atoms with Crippen LogP contribution in [0.3, 0.4) is 0 Å². The van der Waals surface area contributed by atoms with Gasteiger partial charge in [0.05, 0.1) is 30.5 Å². The molecule has 0 bridgehead atoms. The van der Waals surface area contributed by atoms with E-state index in [1.165, 1.54) is 12.1 Å². The van der Waals surface area contributed by atoms with Gasteiger partial charge >= 0.3 is 0 Å². The van der Waals surface area contributed by atoms with Crippen LogP contribution < -0.4 is 5.32 Å². The predicted octanol–water partition coefficient (Wildman–Crippen LogP) is 3.91. The third-order valence-electron chi connectivity index (χ3n) is 6.37. The number of amides is 2. The molecular weight excluding hydrogens is 397 g/mol. The van der Waals surface area contributed by atoms with Crippen molar-refractivity contribution in [1.82, 2.24) is 14.8 Å². The minimum atomic E-state index is -0.310. The second-order valence-electron chi connectivity index (χ2n) is 8.83. The number of ether oxygens (including phenoxy) is 1. The molecule has 4 rings (SSSR count). The van der Waals surface area contributed by atoms with Crippen molar-refractivity contribution in [3.63, 3.8) is 0 Å². The van der Waals surface area contributed by atoms with E-state index in [9.17, 15) is 14.0 Å². The number of fused-ring (bicyclic) bond motifs is 1. The first-order chi connectivity index (χ1) is 14.9. The van der Waals surface area contributed by atoms with Crippen LogP contribution in [0.15, 0.2) is 30.3 Å². The van der Waals surface area contributed by atoms with E-state index in [1.54, 1.807) is 18.2 Å². The number of likely N-dealkylation sites (tertiary alicyclic amines) is 1. The van der Waals surface area contributed by atoms with Crippen LogP contribution in [-0.2, 0) is 17.9 Å². The van der Waals surface area contributed by atoms with Crippen molar-refractivity contribution in [1.29, 1.82) is 0 Å². The lowest BCUT2D eigenvalue weighted by atomic mass is 9.95. The fourth-order valence-corrected chi connectivity index (χ4v) is 4.60. The molecule has 2 aliphatic heterocycles. The maximum absolute atomic E-state index is 13.4. The van der Waals surface area contributed by atoms with Crippen molar-refractivity contribution in [2.75, 3.05) is 13.2 Å². The average Bonchev–Trinajstić information content (AvgIpc) is 3.36. The zero-order valence-corrected chi connectivity index (χ0v) is 18.4. The second-order valence-corrected chi connectivity index (χ2v) is 8.83. The molecule has 1 aromatic heterocycles. The van der Waals surface area contributed by atoms with Crippen LogP contribution >= 0.6 is 0 Å². The first-order valence-corrected chi connectivity index (χ1v) is 11.0. The van der Waals surface area contributed by atoms with E-state index in [1.807, 2.05) is 23.3 Å². The van der Waals surface area contributed by atoms with Crippen molar-refractivity contribution in [3.05, 3.63) is 58.7 Å². The zero-order chi connectivity index (χ0) is 22.1. The number of carbonyl (C=O) groups excluding carboxylic acids is 2. The van der Waals surface area contributed by atoms with Gasteiger partial charge in [-0.2, -0.15) is 0 Å².